The maximum atomic E-state index is 12.7. The van der Waals surface area contributed by atoms with E-state index >= 15 is 0 Å². The summed E-state index contributed by atoms with van der Waals surface area (Å²) in [6, 6.07) is 6.06. The number of hydrogen-bond acceptors (Lipinski definition) is 5. The topological polar surface area (TPSA) is 86.7 Å². The number of amides is 1. The van der Waals surface area contributed by atoms with Gasteiger partial charge in [-0.15, -0.1) is 0 Å². The summed E-state index contributed by atoms with van der Waals surface area (Å²) in [5.74, 6) is 1.54. The summed E-state index contributed by atoms with van der Waals surface area (Å²) in [6.07, 6.45) is 0.621. The van der Waals surface area contributed by atoms with E-state index in [1.807, 2.05) is 0 Å². The SMILES string of the molecule is CCSCCNC(=O)c1cccc(S(=O)(=O)N2CCCC(O)C2)c1. The Morgan fingerprint density at radius 2 is 2.25 bits per heavy atom. The van der Waals surface area contributed by atoms with Crippen molar-refractivity contribution in [2.24, 2.45) is 0 Å². The first kappa shape index (κ1) is 19.2. The fourth-order valence-electron chi connectivity index (χ4n) is 2.57. The fraction of sp³-hybridized carbons (Fsp3) is 0.562. The summed E-state index contributed by atoms with van der Waals surface area (Å²) < 4.78 is 26.7. The van der Waals surface area contributed by atoms with Crippen LogP contribution in [0.15, 0.2) is 29.2 Å². The highest BCUT2D eigenvalue weighted by Crippen LogP contribution is 2.21. The Morgan fingerprint density at radius 3 is 2.96 bits per heavy atom. The van der Waals surface area contributed by atoms with E-state index in [0.717, 1.165) is 11.5 Å². The lowest BCUT2D eigenvalue weighted by molar-refractivity contribution is 0.0955. The molecule has 0 aliphatic carbocycles. The zero-order valence-corrected chi connectivity index (χ0v) is 15.4. The first-order chi connectivity index (χ1) is 11.4. The van der Waals surface area contributed by atoms with Gasteiger partial charge in [-0.05, 0) is 36.8 Å². The molecule has 24 heavy (non-hydrogen) atoms. The normalized spacial score (nSPS) is 19.2. The van der Waals surface area contributed by atoms with Gasteiger partial charge in [-0.2, -0.15) is 16.1 Å². The highest BCUT2D eigenvalue weighted by atomic mass is 32.2. The van der Waals surface area contributed by atoms with Crippen LogP contribution in [0.1, 0.15) is 30.1 Å². The maximum Gasteiger partial charge on any atom is 0.251 e. The molecular weight excluding hydrogens is 348 g/mol. The summed E-state index contributed by atoms with van der Waals surface area (Å²) in [5.41, 5.74) is 0.329. The highest BCUT2D eigenvalue weighted by Gasteiger charge is 2.29. The van der Waals surface area contributed by atoms with Crippen LogP contribution in [-0.2, 0) is 10.0 Å². The van der Waals surface area contributed by atoms with Crippen LogP contribution >= 0.6 is 11.8 Å². The van der Waals surface area contributed by atoms with E-state index in [4.69, 9.17) is 0 Å². The van der Waals surface area contributed by atoms with Crippen molar-refractivity contribution in [3.05, 3.63) is 29.8 Å². The van der Waals surface area contributed by atoms with Crippen molar-refractivity contribution in [2.75, 3.05) is 31.1 Å². The molecule has 8 heteroatoms. The largest absolute Gasteiger partial charge is 0.392 e. The Labute approximate surface area is 147 Å². The molecule has 0 saturated carbocycles. The number of aliphatic hydroxyl groups is 1. The molecular formula is C16H24N2O4S2. The lowest BCUT2D eigenvalue weighted by atomic mass is 10.1. The van der Waals surface area contributed by atoms with Gasteiger partial charge in [0.25, 0.3) is 5.91 Å². The first-order valence-electron chi connectivity index (χ1n) is 8.09. The van der Waals surface area contributed by atoms with E-state index in [9.17, 15) is 18.3 Å². The third-order valence-electron chi connectivity index (χ3n) is 3.83. The molecule has 1 aliphatic heterocycles. The van der Waals surface area contributed by atoms with Crippen LogP contribution in [0.2, 0.25) is 0 Å². The molecule has 1 atom stereocenters. The highest BCUT2D eigenvalue weighted by molar-refractivity contribution is 7.99. The van der Waals surface area contributed by atoms with Gasteiger partial charge in [0.15, 0.2) is 0 Å². The number of piperidine rings is 1. The van der Waals surface area contributed by atoms with Gasteiger partial charge in [0.2, 0.25) is 10.0 Å². The number of nitrogens with zero attached hydrogens (tertiary/aromatic N) is 1. The molecule has 1 aliphatic rings. The average Bonchev–Trinajstić information content (AvgIpc) is 2.58. The molecule has 0 radical (unpaired) electrons. The van der Waals surface area contributed by atoms with E-state index in [0.29, 0.717) is 31.5 Å². The Morgan fingerprint density at radius 1 is 1.46 bits per heavy atom. The molecule has 134 valence electrons. The van der Waals surface area contributed by atoms with Crippen LogP contribution in [0.5, 0.6) is 0 Å². The number of benzene rings is 1. The van der Waals surface area contributed by atoms with Gasteiger partial charge in [0.1, 0.15) is 0 Å². The second-order valence-electron chi connectivity index (χ2n) is 5.64. The van der Waals surface area contributed by atoms with Gasteiger partial charge in [0.05, 0.1) is 11.0 Å². The van der Waals surface area contributed by atoms with Crippen molar-refractivity contribution in [1.82, 2.24) is 9.62 Å². The molecule has 2 N–H and O–H groups in total. The Bertz CT molecular complexity index is 664. The Balaban J connectivity index is 2.10. The predicted molar refractivity (Wildman–Crippen MR) is 95.8 cm³/mol. The minimum atomic E-state index is -3.69. The number of rotatable bonds is 7. The minimum Gasteiger partial charge on any atom is -0.392 e. The van der Waals surface area contributed by atoms with Crippen LogP contribution in [0.25, 0.3) is 0 Å². The van der Waals surface area contributed by atoms with Gasteiger partial charge in [0, 0.05) is 31.0 Å². The van der Waals surface area contributed by atoms with Crippen LogP contribution in [0.3, 0.4) is 0 Å². The molecule has 1 fully saturated rings. The Hall–Kier alpha value is -1.09. The molecule has 1 amide bonds. The number of carbonyl (C=O) groups excluding carboxylic acids is 1. The molecule has 6 nitrogen and oxygen atoms in total. The van der Waals surface area contributed by atoms with E-state index in [2.05, 4.69) is 12.2 Å². The monoisotopic (exact) mass is 372 g/mol. The quantitative estimate of drug-likeness (QED) is 0.705. The molecule has 1 unspecified atom stereocenters. The molecule has 1 aromatic carbocycles. The molecule has 1 heterocycles. The summed E-state index contributed by atoms with van der Waals surface area (Å²) in [5, 5.41) is 12.5. The maximum absolute atomic E-state index is 12.7. The summed E-state index contributed by atoms with van der Waals surface area (Å²) in [4.78, 5) is 12.2. The number of hydrogen-bond donors (Lipinski definition) is 2. The molecule has 1 aromatic rings. The first-order valence-corrected chi connectivity index (χ1v) is 10.7. The van der Waals surface area contributed by atoms with Crippen molar-refractivity contribution in [1.29, 1.82) is 0 Å². The van der Waals surface area contributed by atoms with Gasteiger partial charge in [-0.1, -0.05) is 13.0 Å². The van der Waals surface area contributed by atoms with Crippen LogP contribution in [0.4, 0.5) is 0 Å². The third-order valence-corrected chi connectivity index (χ3v) is 6.59. The Kier molecular flexibility index (Phi) is 7.09. The second-order valence-corrected chi connectivity index (χ2v) is 8.97. The third kappa shape index (κ3) is 4.95. The van der Waals surface area contributed by atoms with E-state index in [1.165, 1.54) is 16.4 Å². The van der Waals surface area contributed by atoms with Gasteiger partial charge >= 0.3 is 0 Å². The van der Waals surface area contributed by atoms with Crippen molar-refractivity contribution in [3.8, 4) is 0 Å². The summed E-state index contributed by atoms with van der Waals surface area (Å²) >= 11 is 1.73. The van der Waals surface area contributed by atoms with Gasteiger partial charge in [-0.3, -0.25) is 4.79 Å². The molecule has 0 aromatic heterocycles. The van der Waals surface area contributed by atoms with E-state index in [1.54, 1.807) is 23.9 Å². The smallest absolute Gasteiger partial charge is 0.251 e. The van der Waals surface area contributed by atoms with Gasteiger partial charge in [-0.25, -0.2) is 8.42 Å². The van der Waals surface area contributed by atoms with Crippen molar-refractivity contribution in [3.63, 3.8) is 0 Å². The van der Waals surface area contributed by atoms with Crippen LogP contribution < -0.4 is 5.32 Å². The van der Waals surface area contributed by atoms with Crippen LogP contribution in [-0.4, -0.2) is 61.0 Å². The zero-order chi connectivity index (χ0) is 17.6. The number of nitrogens with one attached hydrogen (secondary N) is 1. The average molecular weight is 373 g/mol. The lowest BCUT2D eigenvalue weighted by Gasteiger charge is -2.29. The van der Waals surface area contributed by atoms with Crippen molar-refractivity contribution >= 4 is 27.7 Å². The standard InChI is InChI=1S/C16H24N2O4S2/c1-2-23-10-8-17-16(20)13-5-3-7-15(11-13)24(21,22)18-9-4-6-14(19)12-18/h3,5,7,11,14,19H,2,4,6,8-10,12H2,1H3,(H,17,20). The molecule has 0 spiro atoms. The van der Waals surface area contributed by atoms with Gasteiger partial charge < -0.3 is 10.4 Å². The number of β-amino-alcohol motifs (C(OH)–C–C–N with tert-alkyl or cyclic N) is 1. The molecule has 2 rings (SSSR count). The van der Waals surface area contributed by atoms with E-state index in [-0.39, 0.29) is 17.3 Å². The van der Waals surface area contributed by atoms with Crippen LogP contribution in [0, 0.1) is 0 Å². The predicted octanol–water partition coefficient (Wildman–Crippen LogP) is 1.31. The molecule has 0 bridgehead atoms. The number of carbonyl (C=O) groups is 1. The number of aliphatic hydroxyl groups excluding tert-OH is 1. The zero-order valence-electron chi connectivity index (χ0n) is 13.8. The summed E-state index contributed by atoms with van der Waals surface area (Å²) in [6.45, 7) is 3.10. The van der Waals surface area contributed by atoms with Crippen molar-refractivity contribution in [2.45, 2.75) is 30.8 Å². The minimum absolute atomic E-state index is 0.0900. The number of thioether (sulfide) groups is 1. The molecule has 1 saturated heterocycles. The fourth-order valence-corrected chi connectivity index (χ4v) is 4.67. The van der Waals surface area contributed by atoms with Crippen molar-refractivity contribution < 1.29 is 18.3 Å². The lowest BCUT2D eigenvalue weighted by Crippen LogP contribution is -2.42. The summed E-state index contributed by atoms with van der Waals surface area (Å²) in [7, 11) is -3.69. The second kappa shape index (κ2) is 8.84. The van der Waals surface area contributed by atoms with E-state index < -0.39 is 16.1 Å². The number of sulfonamides is 1.